The largest absolute Gasteiger partial charge is 0.504 e. The Kier molecular flexibility index (Phi) is 9.07. The maximum absolute atomic E-state index is 13.2. The number of fused-ring (bicyclic) bond motifs is 2. The van der Waals surface area contributed by atoms with Gasteiger partial charge in [-0.3, -0.25) is 19.3 Å². The number of halogens is 1. The Hall–Kier alpha value is -3.85. The van der Waals surface area contributed by atoms with Crippen LogP contribution in [-0.2, 0) is 24.0 Å². The summed E-state index contributed by atoms with van der Waals surface area (Å²) in [6.45, 7) is -0.836. The van der Waals surface area contributed by atoms with E-state index in [9.17, 15) is 39.3 Å². The van der Waals surface area contributed by atoms with E-state index in [4.69, 9.17) is 15.7 Å². The Bertz CT molecular complexity index is 1860. The van der Waals surface area contributed by atoms with Crippen LogP contribution in [0.4, 0.5) is 5.13 Å². The van der Waals surface area contributed by atoms with Gasteiger partial charge < -0.3 is 36.3 Å². The highest BCUT2D eigenvalue weighted by molar-refractivity contribution is 9.10. The number of aromatic nitrogens is 1. The van der Waals surface area contributed by atoms with Crippen molar-refractivity contribution >= 4 is 107 Å². The summed E-state index contributed by atoms with van der Waals surface area (Å²) in [5, 5.41) is 45.5. The van der Waals surface area contributed by atoms with Gasteiger partial charge in [0.2, 0.25) is 12.0 Å². The van der Waals surface area contributed by atoms with Crippen molar-refractivity contribution in [2.24, 2.45) is 5.16 Å². The van der Waals surface area contributed by atoms with E-state index in [0.29, 0.717) is 14.5 Å². The number of oxime groups is 1. The number of carbonyl (C=O) groups is 4. The first-order valence-electron chi connectivity index (χ1n) is 12.0. The van der Waals surface area contributed by atoms with E-state index in [1.807, 2.05) is 0 Å². The van der Waals surface area contributed by atoms with Crippen LogP contribution < -0.4 is 16.5 Å². The molecule has 15 nitrogen and oxygen atoms in total. The number of benzene rings is 1. The summed E-state index contributed by atoms with van der Waals surface area (Å²) in [6, 6.07) is 1.31. The molecule has 2 atom stereocenters. The van der Waals surface area contributed by atoms with Crippen molar-refractivity contribution in [1.82, 2.24) is 15.2 Å². The van der Waals surface area contributed by atoms with Crippen molar-refractivity contribution in [2.75, 3.05) is 23.8 Å². The van der Waals surface area contributed by atoms with E-state index in [-0.39, 0.29) is 37.9 Å². The van der Waals surface area contributed by atoms with Gasteiger partial charge in [0.1, 0.15) is 22.8 Å². The number of nitrogen functional groups attached to an aromatic ring is 1. The number of carbonyl (C=O) groups excluding carboxylic acids is 2. The number of thioether (sulfide) groups is 2. The number of β-lactam (4-membered cyclic amide) rings is 1. The van der Waals surface area contributed by atoms with Gasteiger partial charge in [0.15, 0.2) is 22.3 Å². The van der Waals surface area contributed by atoms with Crippen molar-refractivity contribution in [1.29, 1.82) is 0 Å². The maximum Gasteiger partial charge on any atom is 0.352 e. The predicted molar refractivity (Wildman–Crippen MR) is 166 cm³/mol. The van der Waals surface area contributed by atoms with Crippen LogP contribution in [0, 0.1) is 0 Å². The number of nitrogens with zero attached hydrogens (tertiary/aromatic N) is 3. The summed E-state index contributed by atoms with van der Waals surface area (Å²) >= 11 is 7.81. The third kappa shape index (κ3) is 6.07. The van der Waals surface area contributed by atoms with Gasteiger partial charge in [-0.15, -0.1) is 46.2 Å². The summed E-state index contributed by atoms with van der Waals surface area (Å²) in [5.74, 6) is -4.81. The molecule has 2 amide bonds. The van der Waals surface area contributed by atoms with Crippen molar-refractivity contribution < 1.29 is 44.4 Å². The van der Waals surface area contributed by atoms with Gasteiger partial charge in [-0.1, -0.05) is 5.16 Å². The lowest BCUT2D eigenvalue weighted by Gasteiger charge is -2.49. The maximum atomic E-state index is 13.2. The third-order valence-electron chi connectivity index (χ3n) is 6.14. The molecule has 2 aliphatic heterocycles. The van der Waals surface area contributed by atoms with Crippen molar-refractivity contribution in [2.45, 2.75) is 15.6 Å². The van der Waals surface area contributed by atoms with E-state index in [2.05, 4.69) is 31.4 Å². The number of thiazole rings is 1. The number of aromatic hydroxyl groups is 2. The van der Waals surface area contributed by atoms with E-state index >= 15 is 0 Å². The van der Waals surface area contributed by atoms with Crippen molar-refractivity contribution in [3.8, 4) is 11.5 Å². The van der Waals surface area contributed by atoms with Crippen molar-refractivity contribution in [3.05, 3.63) is 49.2 Å². The van der Waals surface area contributed by atoms with E-state index in [1.165, 1.54) is 29.3 Å². The molecule has 44 heavy (non-hydrogen) atoms. The smallest absolute Gasteiger partial charge is 0.352 e. The molecule has 0 radical (unpaired) electrons. The highest BCUT2D eigenvalue weighted by atomic mass is 79.9. The lowest BCUT2D eigenvalue weighted by molar-refractivity contribution is -0.150. The standard InChI is InChI=1S/C24H18BrN5O10S4/c25-14-18(35)8-1-10(31)11(32)2-12(8)44-23(14)42-5-7-4-41-21-16(20(37)30(21)17(7)22(38)39)28-19(36)15(29-40-3-13(33)34)9-6-43-24(26)27-9/h1-2,6,16,21,31-32H,3-5H2,(H2,26,27)(H,28,36)(H,33,34)(H,38,39)/b29-15+/t16-,21-/m1/s1. The summed E-state index contributed by atoms with van der Waals surface area (Å²) in [7, 11) is 0. The Morgan fingerprint density at radius 3 is 2.61 bits per heavy atom. The zero-order valence-corrected chi connectivity index (χ0v) is 26.5. The van der Waals surface area contributed by atoms with Crippen LogP contribution in [0.2, 0.25) is 0 Å². The number of phenolic OH excluding ortho intramolecular Hbond substituents is 2. The van der Waals surface area contributed by atoms with Crippen LogP contribution in [0.5, 0.6) is 11.5 Å². The molecule has 0 aliphatic carbocycles. The number of carboxylic acids is 2. The number of aliphatic carboxylic acids is 2. The lowest BCUT2D eigenvalue weighted by Crippen LogP contribution is -2.71. The van der Waals surface area contributed by atoms with Crippen LogP contribution in [0.1, 0.15) is 5.69 Å². The summed E-state index contributed by atoms with van der Waals surface area (Å²) < 4.78 is 1.12. The van der Waals surface area contributed by atoms with Crippen molar-refractivity contribution in [3.63, 3.8) is 0 Å². The molecule has 7 N–H and O–H groups in total. The minimum Gasteiger partial charge on any atom is -0.504 e. The summed E-state index contributed by atoms with van der Waals surface area (Å²) in [6.07, 6.45) is 0. The van der Waals surface area contributed by atoms with Gasteiger partial charge in [-0.2, -0.15) is 0 Å². The fraction of sp³-hybridized carbons (Fsp3) is 0.208. The molecule has 4 heterocycles. The normalized spacial score (nSPS) is 18.2. The van der Waals surface area contributed by atoms with Gasteiger partial charge in [-0.25, -0.2) is 14.6 Å². The molecule has 20 heteroatoms. The van der Waals surface area contributed by atoms with E-state index in [1.54, 1.807) is 0 Å². The molecule has 0 bridgehead atoms. The Morgan fingerprint density at radius 1 is 1.23 bits per heavy atom. The van der Waals surface area contributed by atoms with Gasteiger partial charge in [-0.05, 0) is 27.6 Å². The molecule has 0 unspecified atom stereocenters. The third-order valence-corrected chi connectivity index (χ3v) is 11.9. The zero-order valence-electron chi connectivity index (χ0n) is 21.7. The highest BCUT2D eigenvalue weighted by Crippen LogP contribution is 2.43. The number of carboxylic acid groups (broad SMARTS) is 2. The fourth-order valence-electron chi connectivity index (χ4n) is 4.18. The second-order valence-corrected chi connectivity index (χ2v) is 14.0. The second-order valence-electron chi connectivity index (χ2n) is 8.95. The molecular weight excluding hydrogens is 726 g/mol. The molecule has 3 aromatic rings. The fourth-order valence-corrected chi connectivity index (χ4v) is 9.26. The van der Waals surface area contributed by atoms with Gasteiger partial charge in [0.05, 0.1) is 8.68 Å². The molecule has 230 valence electrons. The number of rotatable bonds is 10. The number of hydrogen-bond acceptors (Lipinski definition) is 15. The van der Waals surface area contributed by atoms with Gasteiger partial charge in [0, 0.05) is 33.0 Å². The molecule has 0 spiro atoms. The zero-order chi connectivity index (χ0) is 31.9. The van der Waals surface area contributed by atoms with E-state index < -0.39 is 64.4 Å². The lowest BCUT2D eigenvalue weighted by atomic mass is 10.0. The number of hydrogen-bond donors (Lipinski definition) is 6. The Balaban J connectivity index is 1.34. The van der Waals surface area contributed by atoms with Gasteiger partial charge >= 0.3 is 11.9 Å². The SMILES string of the molecule is Nc1nc(/C(=N\OCC(=O)O)C(=O)N[C@@H]2C(=O)N3C(C(=O)O)=C(CSc4sc5cc(O)c(O)cc5c(=O)c4Br)CS[C@H]23)cs1. The molecule has 2 aromatic heterocycles. The monoisotopic (exact) mass is 743 g/mol. The minimum absolute atomic E-state index is 0.00471. The number of phenols is 2. The number of nitrogens with one attached hydrogen (secondary N) is 1. The Labute approximate surface area is 270 Å². The molecule has 2 aliphatic rings. The quantitative estimate of drug-likeness (QED) is 0.0571. The molecular formula is C24H18BrN5O10S4. The highest BCUT2D eigenvalue weighted by Gasteiger charge is 2.54. The first-order valence-corrected chi connectivity index (χ1v) is 16.5. The van der Waals surface area contributed by atoms with Crippen LogP contribution >= 0.6 is 62.1 Å². The minimum atomic E-state index is -1.35. The van der Waals surface area contributed by atoms with E-state index in [0.717, 1.165) is 39.3 Å². The molecule has 1 aromatic carbocycles. The van der Waals surface area contributed by atoms with Crippen LogP contribution in [0.25, 0.3) is 10.1 Å². The number of amides is 2. The topological polar surface area (TPSA) is 242 Å². The first-order chi connectivity index (χ1) is 20.9. The first kappa shape index (κ1) is 31.6. The average molecular weight is 745 g/mol. The predicted octanol–water partition coefficient (Wildman–Crippen LogP) is 1.81. The number of anilines is 1. The van der Waals surface area contributed by atoms with Crippen LogP contribution in [0.3, 0.4) is 0 Å². The van der Waals surface area contributed by atoms with Crippen LogP contribution in [-0.4, -0.2) is 89.3 Å². The van der Waals surface area contributed by atoms with Crippen LogP contribution in [0.15, 0.2) is 47.4 Å². The molecule has 1 saturated heterocycles. The number of nitrogens with two attached hydrogens (primary N) is 1. The summed E-state index contributed by atoms with van der Waals surface area (Å²) in [4.78, 5) is 71.9. The average Bonchev–Trinajstić information content (AvgIpc) is 3.41. The Morgan fingerprint density at radius 2 is 1.95 bits per heavy atom. The molecule has 0 saturated carbocycles. The molecule has 5 rings (SSSR count). The molecule has 1 fully saturated rings. The summed E-state index contributed by atoms with van der Waals surface area (Å²) in [5.41, 5.74) is 4.96. The van der Waals surface area contributed by atoms with Gasteiger partial charge in [0.25, 0.3) is 11.8 Å². The second kappa shape index (κ2) is 12.6.